The lowest BCUT2D eigenvalue weighted by Gasteiger charge is -2.37. The van der Waals surface area contributed by atoms with Gasteiger partial charge in [0, 0.05) is 35.4 Å². The average molecular weight is 801 g/mol. The second-order valence-corrected chi connectivity index (χ2v) is 16.2. The highest BCUT2D eigenvalue weighted by atomic mass is 35.5. The van der Waals surface area contributed by atoms with E-state index in [1.54, 1.807) is 30.6 Å². The summed E-state index contributed by atoms with van der Waals surface area (Å²) in [6, 6.07) is 13.5. The Balaban J connectivity index is 0.000000197. The second kappa shape index (κ2) is 15.7. The van der Waals surface area contributed by atoms with E-state index in [2.05, 4.69) is 34.0 Å². The zero-order chi connectivity index (χ0) is 38.7. The topological polar surface area (TPSA) is 180 Å². The lowest BCUT2D eigenvalue weighted by molar-refractivity contribution is 0.0696. The van der Waals surface area contributed by atoms with Crippen LogP contribution in [-0.4, -0.2) is 68.1 Å². The summed E-state index contributed by atoms with van der Waals surface area (Å²) in [7, 11) is -4.28. The SMILES string of the molecule is CC1(COc2ccn(-c3ccc(C(=O)NS(=O)(=O)c4cccc(F)c4)c(Cl)n3)n2)CCC1.CC1(COc2ccn(-c3ccc(C(=O)O)c(Cl)n3)n2)CCC1. The van der Waals surface area contributed by atoms with Gasteiger partial charge in [-0.15, -0.1) is 10.2 Å². The number of sulfonamides is 1. The molecule has 2 aliphatic rings. The predicted molar refractivity (Wildman–Crippen MR) is 196 cm³/mol. The minimum Gasteiger partial charge on any atom is -0.478 e. The molecule has 0 unspecified atom stereocenters. The Morgan fingerprint density at radius 1 is 0.815 bits per heavy atom. The first kappa shape index (κ1) is 38.7. The summed E-state index contributed by atoms with van der Waals surface area (Å²) in [6.07, 6.45) is 10.4. The molecule has 0 saturated heterocycles. The second-order valence-electron chi connectivity index (χ2n) is 13.8. The fourth-order valence-electron chi connectivity index (χ4n) is 5.67. The van der Waals surface area contributed by atoms with E-state index >= 15 is 0 Å². The minimum atomic E-state index is -4.28. The van der Waals surface area contributed by atoms with E-state index in [4.69, 9.17) is 37.8 Å². The van der Waals surface area contributed by atoms with Crippen molar-refractivity contribution in [3.8, 4) is 23.4 Å². The summed E-state index contributed by atoms with van der Waals surface area (Å²) in [5.41, 5.74) is 0.254. The smallest absolute Gasteiger partial charge is 0.338 e. The normalized spacial score (nSPS) is 15.5. The molecule has 2 saturated carbocycles. The molecule has 0 aliphatic heterocycles. The van der Waals surface area contributed by atoms with Crippen molar-refractivity contribution in [2.45, 2.75) is 57.3 Å². The first-order chi connectivity index (χ1) is 25.6. The van der Waals surface area contributed by atoms with Crippen LogP contribution < -0.4 is 14.2 Å². The summed E-state index contributed by atoms with van der Waals surface area (Å²) < 4.78 is 54.3. The van der Waals surface area contributed by atoms with Gasteiger partial charge in [0.1, 0.15) is 16.1 Å². The van der Waals surface area contributed by atoms with Gasteiger partial charge in [0.2, 0.25) is 11.8 Å². The molecule has 0 atom stereocenters. The van der Waals surface area contributed by atoms with Crippen LogP contribution in [0.1, 0.15) is 73.1 Å². The maximum absolute atomic E-state index is 13.3. The van der Waals surface area contributed by atoms with Crippen LogP contribution in [0.4, 0.5) is 4.39 Å². The third-order valence-corrected chi connectivity index (χ3v) is 11.2. The van der Waals surface area contributed by atoms with Crippen LogP contribution in [0.2, 0.25) is 10.3 Å². The molecule has 0 bridgehead atoms. The van der Waals surface area contributed by atoms with Gasteiger partial charge in [-0.1, -0.05) is 56.0 Å². The number of ether oxygens (including phenoxy) is 2. The van der Waals surface area contributed by atoms with Crippen molar-refractivity contribution in [1.29, 1.82) is 0 Å². The van der Waals surface area contributed by atoms with Crippen molar-refractivity contribution < 1.29 is 37.0 Å². The van der Waals surface area contributed by atoms with Gasteiger partial charge in [0.15, 0.2) is 11.6 Å². The fraction of sp³-hybridized carbons (Fsp3) is 0.333. The Kier molecular flexibility index (Phi) is 11.3. The Hall–Kier alpha value is -5.06. The molecular weight excluding hydrogens is 764 g/mol. The van der Waals surface area contributed by atoms with Gasteiger partial charge < -0.3 is 14.6 Å². The summed E-state index contributed by atoms with van der Waals surface area (Å²) in [5, 5.41) is 17.3. The van der Waals surface area contributed by atoms with Crippen molar-refractivity contribution >= 4 is 45.1 Å². The number of aromatic nitrogens is 6. The highest BCUT2D eigenvalue weighted by molar-refractivity contribution is 7.90. The monoisotopic (exact) mass is 799 g/mol. The van der Waals surface area contributed by atoms with E-state index in [0.29, 0.717) is 36.6 Å². The zero-order valence-electron chi connectivity index (χ0n) is 29.2. The molecule has 4 aromatic heterocycles. The van der Waals surface area contributed by atoms with Gasteiger partial charge in [-0.2, -0.15) is 0 Å². The number of benzene rings is 1. The van der Waals surface area contributed by atoms with Gasteiger partial charge >= 0.3 is 5.97 Å². The van der Waals surface area contributed by atoms with E-state index in [9.17, 15) is 22.4 Å². The van der Waals surface area contributed by atoms with Crippen LogP contribution in [-0.2, 0) is 10.0 Å². The zero-order valence-corrected chi connectivity index (χ0v) is 31.5. The summed E-state index contributed by atoms with van der Waals surface area (Å²) in [6.45, 7) is 5.61. The van der Waals surface area contributed by atoms with E-state index in [0.717, 1.165) is 25.0 Å². The van der Waals surface area contributed by atoms with E-state index in [1.165, 1.54) is 65.4 Å². The van der Waals surface area contributed by atoms with E-state index in [-0.39, 0.29) is 37.2 Å². The molecule has 2 aliphatic carbocycles. The minimum absolute atomic E-state index is 0.0352. The van der Waals surface area contributed by atoms with Gasteiger partial charge in [-0.05, 0) is 68.1 Å². The van der Waals surface area contributed by atoms with Crippen molar-refractivity contribution in [3.05, 3.63) is 100 Å². The average Bonchev–Trinajstić information content (AvgIpc) is 3.78. The number of hydrogen-bond donors (Lipinski definition) is 2. The lowest BCUT2D eigenvalue weighted by Crippen LogP contribution is -2.32. The molecule has 4 heterocycles. The van der Waals surface area contributed by atoms with Gasteiger partial charge in [0.25, 0.3) is 15.9 Å². The number of carboxylic acid groups (broad SMARTS) is 1. The molecule has 284 valence electrons. The molecule has 1 amide bonds. The highest BCUT2D eigenvalue weighted by Crippen LogP contribution is 2.41. The Morgan fingerprint density at radius 3 is 1.74 bits per heavy atom. The van der Waals surface area contributed by atoms with Gasteiger partial charge in [0.05, 0.1) is 29.2 Å². The predicted octanol–water partition coefficient (Wildman–Crippen LogP) is 6.94. The van der Waals surface area contributed by atoms with Crippen LogP contribution in [0.5, 0.6) is 11.8 Å². The van der Waals surface area contributed by atoms with E-state index < -0.39 is 27.7 Å². The molecule has 54 heavy (non-hydrogen) atoms. The maximum Gasteiger partial charge on any atom is 0.338 e. The van der Waals surface area contributed by atoms with Crippen LogP contribution in [0.25, 0.3) is 11.6 Å². The molecule has 5 aromatic rings. The molecular formula is C36H36Cl2FN7O7S. The number of halogens is 3. The number of carboxylic acids is 1. The standard InChI is InChI=1S/C21H20ClFN4O4S.C15H16ClN3O3/c1-21(9-3-10-21)13-31-18-8-11-27(25-18)17-7-6-16(19(22)24-17)20(28)26-32(29,30)15-5-2-4-14(23)12-15;1-15(6-2-7-15)9-22-12-5-8-19(18-12)11-4-3-10(14(20)21)13(16)17-11/h2,4-8,11-12H,3,9-10,13H2,1H3,(H,26,28);3-5,8H,2,6-7,9H2,1H3,(H,20,21). The number of amides is 1. The molecule has 0 radical (unpaired) electrons. The molecule has 18 heteroatoms. The summed E-state index contributed by atoms with van der Waals surface area (Å²) in [4.78, 5) is 31.2. The molecule has 0 spiro atoms. The molecule has 2 N–H and O–H groups in total. The quantitative estimate of drug-likeness (QED) is 0.125. The first-order valence-electron chi connectivity index (χ1n) is 16.9. The summed E-state index contributed by atoms with van der Waals surface area (Å²) in [5.74, 6) is -1.11. The molecule has 7 rings (SSSR count). The molecule has 2 fully saturated rings. The van der Waals surface area contributed by atoms with Crippen molar-refractivity contribution in [3.63, 3.8) is 0 Å². The Bertz CT molecular complexity index is 2290. The Labute approximate surface area is 320 Å². The Morgan fingerprint density at radius 2 is 1.31 bits per heavy atom. The van der Waals surface area contributed by atoms with Gasteiger partial charge in [-0.25, -0.2) is 41.7 Å². The lowest BCUT2D eigenvalue weighted by atomic mass is 9.71. The number of rotatable bonds is 12. The van der Waals surface area contributed by atoms with Crippen LogP contribution in [0.15, 0.2) is 78.0 Å². The van der Waals surface area contributed by atoms with Gasteiger partial charge in [-0.3, -0.25) is 4.79 Å². The first-order valence-corrected chi connectivity index (χ1v) is 19.1. The van der Waals surface area contributed by atoms with Crippen molar-refractivity contribution in [2.75, 3.05) is 13.2 Å². The molecule has 1 aromatic carbocycles. The highest BCUT2D eigenvalue weighted by Gasteiger charge is 2.33. The van der Waals surface area contributed by atoms with Crippen LogP contribution >= 0.6 is 23.2 Å². The van der Waals surface area contributed by atoms with E-state index in [1.807, 2.05) is 4.72 Å². The van der Waals surface area contributed by atoms with Crippen molar-refractivity contribution in [1.82, 2.24) is 34.3 Å². The number of carbonyl (C=O) groups is 2. The third kappa shape index (κ3) is 9.17. The number of pyridine rings is 2. The number of nitrogens with one attached hydrogen (secondary N) is 1. The van der Waals surface area contributed by atoms with Crippen LogP contribution in [0.3, 0.4) is 0 Å². The third-order valence-electron chi connectivity index (χ3n) is 9.33. The largest absolute Gasteiger partial charge is 0.478 e. The number of hydrogen-bond acceptors (Lipinski definition) is 10. The number of aromatic carboxylic acids is 1. The van der Waals surface area contributed by atoms with Crippen molar-refractivity contribution in [2.24, 2.45) is 10.8 Å². The fourth-order valence-corrected chi connectivity index (χ4v) is 7.14. The maximum atomic E-state index is 13.3. The summed E-state index contributed by atoms with van der Waals surface area (Å²) >= 11 is 12.0. The number of carbonyl (C=O) groups excluding carboxylic acids is 1. The van der Waals surface area contributed by atoms with Crippen LogP contribution in [0, 0.1) is 16.6 Å². The molecule has 14 nitrogen and oxygen atoms in total. The number of nitrogens with zero attached hydrogens (tertiary/aromatic N) is 6.